The van der Waals surface area contributed by atoms with Crippen molar-refractivity contribution in [1.29, 1.82) is 0 Å². The molecule has 5 nitrogen and oxygen atoms in total. The van der Waals surface area contributed by atoms with Crippen LogP contribution in [0.3, 0.4) is 0 Å². The van der Waals surface area contributed by atoms with Gasteiger partial charge < -0.3 is 9.80 Å². The molecule has 2 heterocycles. The molecule has 5 heteroatoms. The first kappa shape index (κ1) is 16.1. The minimum atomic E-state index is -0.124. The van der Waals surface area contributed by atoms with Gasteiger partial charge in [0.15, 0.2) is 0 Å². The van der Waals surface area contributed by atoms with Crippen LogP contribution in [0, 0.1) is 5.41 Å². The van der Waals surface area contributed by atoms with Crippen molar-refractivity contribution < 1.29 is 4.79 Å². The lowest BCUT2D eigenvalue weighted by Crippen LogP contribution is -2.40. The van der Waals surface area contributed by atoms with E-state index >= 15 is 0 Å². The van der Waals surface area contributed by atoms with Gasteiger partial charge in [-0.15, -0.1) is 0 Å². The SMILES string of the molecule is CN(C)c1ccc(-c2ncnc3c2CN(C(=O)C2(C)CC2)CC3)cc1. The normalized spacial score (nSPS) is 17.8. The van der Waals surface area contributed by atoms with Gasteiger partial charge in [0.2, 0.25) is 5.91 Å². The van der Waals surface area contributed by atoms with Gasteiger partial charge >= 0.3 is 0 Å². The molecular formula is C20H24N4O. The van der Waals surface area contributed by atoms with Gasteiger partial charge in [-0.05, 0) is 25.0 Å². The zero-order valence-corrected chi connectivity index (χ0v) is 15.1. The van der Waals surface area contributed by atoms with Crippen LogP contribution < -0.4 is 4.90 Å². The molecule has 1 aromatic heterocycles. The zero-order valence-electron chi connectivity index (χ0n) is 15.1. The van der Waals surface area contributed by atoms with Gasteiger partial charge in [-0.3, -0.25) is 4.79 Å². The molecule has 2 aliphatic rings. The molecule has 0 unspecified atom stereocenters. The summed E-state index contributed by atoms with van der Waals surface area (Å²) >= 11 is 0. The van der Waals surface area contributed by atoms with E-state index in [0.717, 1.165) is 54.0 Å². The first-order chi connectivity index (χ1) is 12.0. The largest absolute Gasteiger partial charge is 0.378 e. The number of nitrogens with zero attached hydrogens (tertiary/aromatic N) is 4. The van der Waals surface area contributed by atoms with E-state index in [0.29, 0.717) is 6.54 Å². The highest BCUT2D eigenvalue weighted by Crippen LogP contribution is 2.47. The molecular weight excluding hydrogens is 312 g/mol. The summed E-state index contributed by atoms with van der Waals surface area (Å²) in [7, 11) is 4.06. The maximum absolute atomic E-state index is 12.7. The smallest absolute Gasteiger partial charge is 0.228 e. The first-order valence-electron chi connectivity index (χ1n) is 8.88. The Balaban J connectivity index is 1.66. The number of hydrogen-bond acceptors (Lipinski definition) is 4. The van der Waals surface area contributed by atoms with E-state index in [1.807, 2.05) is 19.0 Å². The molecule has 0 N–H and O–H groups in total. The monoisotopic (exact) mass is 336 g/mol. The van der Waals surface area contributed by atoms with Crippen molar-refractivity contribution in [3.8, 4) is 11.3 Å². The predicted molar refractivity (Wildman–Crippen MR) is 98.3 cm³/mol. The van der Waals surface area contributed by atoms with Gasteiger partial charge in [0, 0.05) is 55.8 Å². The lowest BCUT2D eigenvalue weighted by atomic mass is 9.97. The predicted octanol–water partition coefficient (Wildman–Crippen LogP) is 2.89. The summed E-state index contributed by atoms with van der Waals surface area (Å²) in [4.78, 5) is 25.8. The van der Waals surface area contributed by atoms with Crippen molar-refractivity contribution in [1.82, 2.24) is 14.9 Å². The quantitative estimate of drug-likeness (QED) is 0.865. The Hall–Kier alpha value is -2.43. The van der Waals surface area contributed by atoms with E-state index in [1.54, 1.807) is 6.33 Å². The fraction of sp³-hybridized carbons (Fsp3) is 0.450. The Bertz CT molecular complexity index is 809. The summed E-state index contributed by atoms with van der Waals surface area (Å²) < 4.78 is 0. The van der Waals surface area contributed by atoms with Crippen molar-refractivity contribution in [2.24, 2.45) is 5.41 Å². The van der Waals surface area contributed by atoms with Gasteiger partial charge in [0.25, 0.3) is 0 Å². The number of benzene rings is 1. The summed E-state index contributed by atoms with van der Waals surface area (Å²) in [6.07, 6.45) is 4.48. The zero-order chi connectivity index (χ0) is 17.6. The van der Waals surface area contributed by atoms with Crippen LogP contribution in [0.15, 0.2) is 30.6 Å². The van der Waals surface area contributed by atoms with Crippen molar-refractivity contribution in [3.63, 3.8) is 0 Å². The van der Waals surface area contributed by atoms with E-state index < -0.39 is 0 Å². The van der Waals surface area contributed by atoms with E-state index in [2.05, 4.69) is 46.1 Å². The number of hydrogen-bond donors (Lipinski definition) is 0. The molecule has 1 fully saturated rings. The van der Waals surface area contributed by atoms with Crippen LogP contribution >= 0.6 is 0 Å². The number of fused-ring (bicyclic) bond motifs is 1. The van der Waals surface area contributed by atoms with Crippen LogP contribution in [-0.4, -0.2) is 41.4 Å². The van der Waals surface area contributed by atoms with Crippen LogP contribution in [0.5, 0.6) is 0 Å². The number of carbonyl (C=O) groups excluding carboxylic acids is 1. The van der Waals surface area contributed by atoms with Gasteiger partial charge in [-0.2, -0.15) is 0 Å². The fourth-order valence-corrected chi connectivity index (χ4v) is 3.46. The second-order valence-corrected chi connectivity index (χ2v) is 7.63. The molecule has 0 saturated heterocycles. The third-order valence-corrected chi connectivity index (χ3v) is 5.46. The van der Waals surface area contributed by atoms with Crippen molar-refractivity contribution in [3.05, 3.63) is 41.9 Å². The lowest BCUT2D eigenvalue weighted by Gasteiger charge is -2.31. The standard InChI is InChI=1S/C20H24N4O/c1-20(9-10-20)19(25)24-11-8-17-16(12-24)18(22-13-21-17)14-4-6-15(7-5-14)23(2)3/h4-7,13H,8-12H2,1-3H3. The fourth-order valence-electron chi connectivity index (χ4n) is 3.46. The Morgan fingerprint density at radius 2 is 1.88 bits per heavy atom. The molecule has 25 heavy (non-hydrogen) atoms. The Morgan fingerprint density at radius 3 is 2.52 bits per heavy atom. The molecule has 0 spiro atoms. The van der Waals surface area contributed by atoms with E-state index in [9.17, 15) is 4.79 Å². The van der Waals surface area contributed by atoms with E-state index in [-0.39, 0.29) is 11.3 Å². The van der Waals surface area contributed by atoms with Crippen LogP contribution in [0.4, 0.5) is 5.69 Å². The molecule has 0 bridgehead atoms. The molecule has 1 amide bonds. The average Bonchev–Trinajstić information content (AvgIpc) is 3.39. The molecule has 1 saturated carbocycles. The second-order valence-electron chi connectivity index (χ2n) is 7.63. The molecule has 0 radical (unpaired) electrons. The number of amides is 1. The summed E-state index contributed by atoms with van der Waals surface area (Å²) in [5.41, 5.74) is 5.24. The second kappa shape index (κ2) is 5.83. The Kier molecular flexibility index (Phi) is 3.74. The Morgan fingerprint density at radius 1 is 1.16 bits per heavy atom. The van der Waals surface area contributed by atoms with Crippen LogP contribution in [0.1, 0.15) is 31.0 Å². The molecule has 4 rings (SSSR count). The average molecular weight is 336 g/mol. The summed E-state index contributed by atoms with van der Waals surface area (Å²) in [5, 5.41) is 0. The van der Waals surface area contributed by atoms with Crippen molar-refractivity contribution in [2.45, 2.75) is 32.7 Å². The highest BCUT2D eigenvalue weighted by Gasteiger charge is 2.47. The number of carbonyl (C=O) groups is 1. The minimum Gasteiger partial charge on any atom is -0.378 e. The molecule has 1 aliphatic carbocycles. The maximum Gasteiger partial charge on any atom is 0.228 e. The highest BCUT2D eigenvalue weighted by molar-refractivity contribution is 5.85. The van der Waals surface area contributed by atoms with E-state index in [4.69, 9.17) is 0 Å². The summed E-state index contributed by atoms with van der Waals surface area (Å²) in [6.45, 7) is 3.46. The molecule has 0 atom stereocenters. The minimum absolute atomic E-state index is 0.124. The maximum atomic E-state index is 12.7. The molecule has 1 aromatic carbocycles. The molecule has 130 valence electrons. The van der Waals surface area contributed by atoms with Gasteiger partial charge in [0.1, 0.15) is 6.33 Å². The summed E-state index contributed by atoms with van der Waals surface area (Å²) in [6, 6.07) is 8.39. The Labute approximate surface area is 148 Å². The van der Waals surface area contributed by atoms with Crippen LogP contribution in [0.2, 0.25) is 0 Å². The lowest BCUT2D eigenvalue weighted by molar-refractivity contribution is -0.137. The van der Waals surface area contributed by atoms with Gasteiger partial charge in [0.05, 0.1) is 11.4 Å². The first-order valence-corrected chi connectivity index (χ1v) is 8.88. The van der Waals surface area contributed by atoms with Crippen molar-refractivity contribution >= 4 is 11.6 Å². The van der Waals surface area contributed by atoms with E-state index in [1.165, 1.54) is 0 Å². The number of rotatable bonds is 3. The summed E-state index contributed by atoms with van der Waals surface area (Å²) in [5.74, 6) is 0.288. The topological polar surface area (TPSA) is 49.3 Å². The van der Waals surface area contributed by atoms with Gasteiger partial charge in [-0.1, -0.05) is 19.1 Å². The van der Waals surface area contributed by atoms with Crippen molar-refractivity contribution in [2.75, 3.05) is 25.5 Å². The van der Waals surface area contributed by atoms with Crippen LogP contribution in [0.25, 0.3) is 11.3 Å². The highest BCUT2D eigenvalue weighted by atomic mass is 16.2. The molecule has 2 aromatic rings. The number of anilines is 1. The molecule has 1 aliphatic heterocycles. The van der Waals surface area contributed by atoms with Gasteiger partial charge in [-0.25, -0.2) is 9.97 Å². The third-order valence-electron chi connectivity index (χ3n) is 5.46. The number of aromatic nitrogens is 2. The third kappa shape index (κ3) is 2.88. The van der Waals surface area contributed by atoms with Crippen LogP contribution in [-0.2, 0) is 17.8 Å².